The molecule has 4 aromatic rings. The zero-order chi connectivity index (χ0) is 28.6. The Labute approximate surface area is 239 Å². The van der Waals surface area contributed by atoms with E-state index in [1.165, 1.54) is 16.7 Å². The number of hydrogen-bond acceptors (Lipinski definition) is 10. The van der Waals surface area contributed by atoms with Crippen LogP contribution in [0, 0.1) is 5.41 Å². The summed E-state index contributed by atoms with van der Waals surface area (Å²) in [4.78, 5) is 41.3. The van der Waals surface area contributed by atoms with Crippen molar-refractivity contribution in [1.82, 2.24) is 24.5 Å². The Bertz CT molecular complexity index is 1620. The quantitative estimate of drug-likeness (QED) is 0.229. The van der Waals surface area contributed by atoms with Gasteiger partial charge in [0.1, 0.15) is 17.3 Å². The zero-order valence-electron chi connectivity index (χ0n) is 22.8. The van der Waals surface area contributed by atoms with E-state index in [2.05, 4.69) is 19.7 Å². The van der Waals surface area contributed by atoms with Crippen LogP contribution >= 0.6 is 11.3 Å². The number of ether oxygens (including phenoxy) is 4. The second kappa shape index (κ2) is 10.7. The summed E-state index contributed by atoms with van der Waals surface area (Å²) in [6.07, 6.45) is 4.93. The normalized spacial score (nSPS) is 21.6. The molecular formula is C28H31N5O7S. The lowest BCUT2D eigenvalue weighted by molar-refractivity contribution is -0.00154. The fourth-order valence-electron chi connectivity index (χ4n) is 5.98. The third kappa shape index (κ3) is 5.21. The first-order chi connectivity index (χ1) is 19.8. The number of nitrogens with zero attached hydrogens (tertiary/aromatic N) is 4. The van der Waals surface area contributed by atoms with E-state index in [0.717, 1.165) is 50.8 Å². The average molecular weight is 582 g/mol. The van der Waals surface area contributed by atoms with Crippen LogP contribution in [0.3, 0.4) is 0 Å². The average Bonchev–Trinajstić information content (AvgIpc) is 3.62. The van der Waals surface area contributed by atoms with Gasteiger partial charge in [-0.2, -0.15) is 9.97 Å². The molecule has 3 aliphatic carbocycles. The van der Waals surface area contributed by atoms with Gasteiger partial charge < -0.3 is 29.0 Å². The number of hydrogen-bond donors (Lipinski definition) is 2. The molecule has 0 amide bonds. The molecule has 41 heavy (non-hydrogen) atoms. The van der Waals surface area contributed by atoms with Gasteiger partial charge in [0.05, 0.1) is 19.1 Å². The van der Waals surface area contributed by atoms with Crippen LogP contribution in [0.4, 0.5) is 4.79 Å². The number of carboxylic acid groups (broad SMARTS) is 1. The van der Waals surface area contributed by atoms with Crippen LogP contribution in [0.1, 0.15) is 57.7 Å². The highest BCUT2D eigenvalue weighted by molar-refractivity contribution is 7.11. The van der Waals surface area contributed by atoms with Crippen molar-refractivity contribution in [3.63, 3.8) is 0 Å². The molecule has 0 spiro atoms. The van der Waals surface area contributed by atoms with E-state index in [-0.39, 0.29) is 28.3 Å². The standard InChI is InChI=1S/C28H31N5O7S/c1-3-13-33-22(34)20-21(32-24(33)39-18-6-4-5-17(14-18)37-2)31-23(30-20)28-10-7-27(8-11-28,9-12-28)16-38-25-29-19(15-41-25)40-26(35)36/h4-6,14-15H,3,7-13,16H2,1-2H3,(H,30,31)(H,35,36). The Morgan fingerprint density at radius 3 is 2.59 bits per heavy atom. The summed E-state index contributed by atoms with van der Waals surface area (Å²) in [5.41, 5.74) is 0.432. The van der Waals surface area contributed by atoms with Crippen LogP contribution in [-0.2, 0) is 12.0 Å². The molecule has 2 N–H and O–H groups in total. The van der Waals surface area contributed by atoms with Gasteiger partial charge in [0, 0.05) is 23.4 Å². The molecule has 216 valence electrons. The first-order valence-electron chi connectivity index (χ1n) is 13.6. The van der Waals surface area contributed by atoms with Crippen LogP contribution < -0.4 is 24.5 Å². The molecule has 3 aliphatic rings. The molecule has 7 rings (SSSR count). The van der Waals surface area contributed by atoms with E-state index in [9.17, 15) is 9.59 Å². The molecule has 2 bridgehead atoms. The number of fused-ring (bicyclic) bond motifs is 4. The number of carbonyl (C=O) groups is 1. The van der Waals surface area contributed by atoms with Crippen LogP contribution in [0.25, 0.3) is 11.2 Å². The maximum atomic E-state index is 13.6. The highest BCUT2D eigenvalue weighted by Gasteiger charge is 2.51. The second-order valence-electron chi connectivity index (χ2n) is 10.8. The van der Waals surface area contributed by atoms with E-state index in [0.29, 0.717) is 41.0 Å². The van der Waals surface area contributed by atoms with Gasteiger partial charge in [-0.05, 0) is 57.1 Å². The molecule has 13 heteroatoms. The van der Waals surface area contributed by atoms with E-state index < -0.39 is 6.16 Å². The third-order valence-electron chi connectivity index (χ3n) is 8.33. The summed E-state index contributed by atoms with van der Waals surface area (Å²) < 4.78 is 23.5. The highest BCUT2D eigenvalue weighted by atomic mass is 32.1. The summed E-state index contributed by atoms with van der Waals surface area (Å²) in [5.74, 6) is 2.00. The molecule has 12 nitrogen and oxygen atoms in total. The number of methoxy groups -OCH3 is 1. The minimum Gasteiger partial charge on any atom is -0.497 e. The molecule has 0 unspecified atom stereocenters. The fourth-order valence-corrected chi connectivity index (χ4v) is 6.55. The molecule has 0 atom stereocenters. The Kier molecular flexibility index (Phi) is 7.06. The number of rotatable bonds is 10. The molecule has 0 saturated heterocycles. The number of imidazole rings is 1. The molecule has 3 heterocycles. The van der Waals surface area contributed by atoms with Gasteiger partial charge in [0.25, 0.3) is 10.8 Å². The largest absolute Gasteiger partial charge is 0.512 e. The van der Waals surface area contributed by atoms with Gasteiger partial charge in [-0.3, -0.25) is 9.36 Å². The molecular weight excluding hydrogens is 550 g/mol. The summed E-state index contributed by atoms with van der Waals surface area (Å²) in [7, 11) is 1.59. The lowest BCUT2D eigenvalue weighted by Crippen LogP contribution is -2.47. The van der Waals surface area contributed by atoms with Crippen LogP contribution in [0.5, 0.6) is 28.6 Å². The number of aromatic amines is 1. The maximum Gasteiger partial charge on any atom is 0.512 e. The predicted octanol–water partition coefficient (Wildman–Crippen LogP) is 5.51. The van der Waals surface area contributed by atoms with E-state index in [1.54, 1.807) is 23.8 Å². The SMILES string of the molecule is CCCn1c(Oc2cccc(OC)c2)nc2nc(C34CCC(COc5nc(OC(=O)O)cs5)(CC3)CC4)[nH]c2c1=O. The summed E-state index contributed by atoms with van der Waals surface area (Å²) in [5, 5.41) is 10.7. The van der Waals surface area contributed by atoms with E-state index >= 15 is 0 Å². The van der Waals surface area contributed by atoms with Crippen LogP contribution in [0.15, 0.2) is 34.4 Å². The monoisotopic (exact) mass is 581 g/mol. The molecule has 3 fully saturated rings. The van der Waals surface area contributed by atoms with Gasteiger partial charge in [0.15, 0.2) is 11.2 Å². The second-order valence-corrected chi connectivity index (χ2v) is 11.6. The van der Waals surface area contributed by atoms with Crippen molar-refractivity contribution in [2.75, 3.05) is 13.7 Å². The van der Waals surface area contributed by atoms with Crippen molar-refractivity contribution in [2.45, 2.75) is 63.8 Å². The first-order valence-corrected chi connectivity index (χ1v) is 14.5. The Hall–Kier alpha value is -4.13. The number of H-pyrrole nitrogens is 1. The number of nitrogens with one attached hydrogen (secondary N) is 1. The minimum absolute atomic E-state index is 0.0230. The van der Waals surface area contributed by atoms with Crippen LogP contribution in [-0.4, -0.2) is 49.5 Å². The predicted molar refractivity (Wildman–Crippen MR) is 150 cm³/mol. The van der Waals surface area contributed by atoms with E-state index in [1.807, 2.05) is 19.1 Å². The first kappa shape index (κ1) is 27.1. The van der Waals surface area contributed by atoms with Crippen molar-refractivity contribution >= 4 is 28.7 Å². The van der Waals surface area contributed by atoms with Gasteiger partial charge in [0.2, 0.25) is 5.88 Å². The Balaban J connectivity index is 1.21. The highest BCUT2D eigenvalue weighted by Crippen LogP contribution is 2.57. The van der Waals surface area contributed by atoms with Crippen LogP contribution in [0.2, 0.25) is 0 Å². The maximum absolute atomic E-state index is 13.6. The lowest BCUT2D eigenvalue weighted by Gasteiger charge is -2.52. The number of aromatic nitrogens is 5. The van der Waals surface area contributed by atoms with Crippen molar-refractivity contribution < 1.29 is 28.8 Å². The summed E-state index contributed by atoms with van der Waals surface area (Å²) in [6, 6.07) is 7.39. The zero-order valence-corrected chi connectivity index (χ0v) is 23.7. The van der Waals surface area contributed by atoms with Gasteiger partial charge in [-0.15, -0.1) is 0 Å². The fraction of sp³-hybridized carbons (Fsp3) is 0.464. The minimum atomic E-state index is -1.40. The molecule has 3 aromatic heterocycles. The van der Waals surface area contributed by atoms with Gasteiger partial charge in [-0.25, -0.2) is 9.78 Å². The van der Waals surface area contributed by atoms with Crippen molar-refractivity contribution in [1.29, 1.82) is 0 Å². The number of benzene rings is 1. The van der Waals surface area contributed by atoms with Gasteiger partial charge in [-0.1, -0.05) is 24.3 Å². The van der Waals surface area contributed by atoms with Crippen molar-refractivity contribution in [3.8, 4) is 28.6 Å². The Morgan fingerprint density at radius 2 is 1.88 bits per heavy atom. The molecule has 3 saturated carbocycles. The smallest absolute Gasteiger partial charge is 0.497 e. The number of thiazole rings is 1. The summed E-state index contributed by atoms with van der Waals surface area (Å²) >= 11 is 1.22. The topological polar surface area (TPSA) is 151 Å². The molecule has 0 aliphatic heterocycles. The Morgan fingerprint density at radius 1 is 1.12 bits per heavy atom. The molecule has 0 radical (unpaired) electrons. The van der Waals surface area contributed by atoms with Gasteiger partial charge >= 0.3 is 12.2 Å². The summed E-state index contributed by atoms with van der Waals surface area (Å²) in [6.45, 7) is 2.98. The molecule has 1 aromatic carbocycles. The third-order valence-corrected chi connectivity index (χ3v) is 9.06. The van der Waals surface area contributed by atoms with Crippen molar-refractivity contribution in [2.24, 2.45) is 5.41 Å². The van der Waals surface area contributed by atoms with E-state index in [4.69, 9.17) is 24.3 Å². The lowest BCUT2D eigenvalue weighted by atomic mass is 9.53. The van der Waals surface area contributed by atoms with Crippen molar-refractivity contribution in [3.05, 3.63) is 45.8 Å².